The van der Waals surface area contributed by atoms with Crippen LogP contribution in [0.15, 0.2) is 4.90 Å². The van der Waals surface area contributed by atoms with Crippen LogP contribution in [0.5, 0.6) is 0 Å². The molecule has 2 atom stereocenters. The first-order chi connectivity index (χ1) is 8.11. The van der Waals surface area contributed by atoms with Crippen LogP contribution in [0.25, 0.3) is 0 Å². The monoisotopic (exact) mass is 272 g/mol. The zero-order valence-corrected chi connectivity index (χ0v) is 12.2. The van der Waals surface area contributed by atoms with Gasteiger partial charge in [-0.15, -0.1) is 11.8 Å². The van der Waals surface area contributed by atoms with E-state index in [1.54, 1.807) is 11.8 Å². The van der Waals surface area contributed by atoms with Crippen molar-refractivity contribution >= 4 is 34.1 Å². The van der Waals surface area contributed by atoms with Gasteiger partial charge in [0.1, 0.15) is 5.00 Å². The summed E-state index contributed by atoms with van der Waals surface area (Å²) in [6.07, 6.45) is 4.41. The number of nitrogens with zero attached hydrogens (tertiary/aromatic N) is 2. The summed E-state index contributed by atoms with van der Waals surface area (Å²) >= 11 is 3.14. The maximum absolute atomic E-state index is 5.84. The topological polar surface area (TPSA) is 54.2 Å². The molecule has 1 saturated heterocycles. The van der Waals surface area contributed by atoms with Gasteiger partial charge in [-0.2, -0.15) is 4.37 Å². The number of rotatable bonds is 3. The smallest absolute Gasteiger partial charge is 0.153 e. The van der Waals surface area contributed by atoms with Crippen molar-refractivity contribution in [2.45, 2.75) is 36.7 Å². The Morgan fingerprint density at radius 2 is 2.35 bits per heavy atom. The molecule has 1 fully saturated rings. The minimum atomic E-state index is 0.548. The Morgan fingerprint density at radius 1 is 1.59 bits per heavy atom. The number of hydrogen-bond acceptors (Lipinski definition) is 6. The Kier molecular flexibility index (Phi) is 4.17. The standard InChI is InChI=1S/C11H20N4S2/c1-7-6-8(4-5-15(7)2)13-11-9(16-3)10(12)14-17-11/h7-8,13H,4-6H2,1-3H3,(H2,12,14). The Labute approximate surface area is 111 Å². The number of piperidine rings is 1. The van der Waals surface area contributed by atoms with Gasteiger partial charge in [-0.25, -0.2) is 0 Å². The first kappa shape index (κ1) is 13.0. The number of nitrogens with two attached hydrogens (primary N) is 1. The molecular formula is C11H20N4S2. The summed E-state index contributed by atoms with van der Waals surface area (Å²) in [5, 5.41) is 4.74. The van der Waals surface area contributed by atoms with Crippen molar-refractivity contribution in [1.29, 1.82) is 0 Å². The van der Waals surface area contributed by atoms with Gasteiger partial charge in [0.05, 0.1) is 4.90 Å². The molecular weight excluding hydrogens is 252 g/mol. The highest BCUT2D eigenvalue weighted by Crippen LogP contribution is 2.36. The van der Waals surface area contributed by atoms with E-state index in [4.69, 9.17) is 5.73 Å². The van der Waals surface area contributed by atoms with Crippen LogP contribution >= 0.6 is 23.3 Å². The van der Waals surface area contributed by atoms with E-state index in [2.05, 4.69) is 28.6 Å². The molecule has 1 aliphatic heterocycles. The molecule has 0 aliphatic carbocycles. The van der Waals surface area contributed by atoms with Crippen LogP contribution in [0.2, 0.25) is 0 Å². The fourth-order valence-electron chi connectivity index (χ4n) is 2.19. The number of hydrogen-bond donors (Lipinski definition) is 2. The number of nitrogen functional groups attached to an aromatic ring is 1. The van der Waals surface area contributed by atoms with Crippen LogP contribution in [-0.2, 0) is 0 Å². The molecule has 6 heteroatoms. The van der Waals surface area contributed by atoms with Crippen LogP contribution in [0.3, 0.4) is 0 Å². The predicted molar refractivity (Wildman–Crippen MR) is 77.0 cm³/mol. The maximum Gasteiger partial charge on any atom is 0.153 e. The minimum absolute atomic E-state index is 0.548. The van der Waals surface area contributed by atoms with Gasteiger partial charge in [-0.1, -0.05) is 0 Å². The molecule has 2 rings (SSSR count). The second-order valence-electron chi connectivity index (χ2n) is 4.63. The Bertz CT molecular complexity index is 380. The number of thioether (sulfide) groups is 1. The Morgan fingerprint density at radius 3 is 3.00 bits per heavy atom. The summed E-state index contributed by atoms with van der Waals surface area (Å²) in [5.74, 6) is 0.658. The molecule has 96 valence electrons. The van der Waals surface area contributed by atoms with Crippen molar-refractivity contribution in [3.05, 3.63) is 0 Å². The van der Waals surface area contributed by atoms with Crippen LogP contribution in [-0.4, -0.2) is 41.2 Å². The third-order valence-electron chi connectivity index (χ3n) is 3.42. The highest BCUT2D eigenvalue weighted by molar-refractivity contribution is 7.99. The summed E-state index contributed by atoms with van der Waals surface area (Å²) in [7, 11) is 2.19. The number of likely N-dealkylation sites (tertiary alicyclic amines) is 1. The summed E-state index contributed by atoms with van der Waals surface area (Å²) in [4.78, 5) is 3.51. The van der Waals surface area contributed by atoms with Crippen LogP contribution < -0.4 is 11.1 Å². The molecule has 17 heavy (non-hydrogen) atoms. The summed E-state index contributed by atoms with van der Waals surface area (Å²) in [6.45, 7) is 3.44. The molecule has 2 unspecified atom stereocenters. The second-order valence-corrected chi connectivity index (χ2v) is 6.22. The van der Waals surface area contributed by atoms with Gasteiger partial charge >= 0.3 is 0 Å². The van der Waals surface area contributed by atoms with E-state index in [0.717, 1.165) is 16.4 Å². The first-order valence-electron chi connectivity index (χ1n) is 5.87. The average molecular weight is 272 g/mol. The molecule has 1 aromatic rings. The first-order valence-corrected chi connectivity index (χ1v) is 7.87. The zero-order valence-electron chi connectivity index (χ0n) is 10.6. The fraction of sp³-hybridized carbons (Fsp3) is 0.727. The Hall–Kier alpha value is -0.460. The second kappa shape index (κ2) is 5.46. The number of nitrogens with one attached hydrogen (secondary N) is 1. The van der Waals surface area contributed by atoms with Crippen LogP contribution in [0.1, 0.15) is 19.8 Å². The summed E-state index contributed by atoms with van der Waals surface area (Å²) < 4.78 is 4.21. The highest BCUT2D eigenvalue weighted by atomic mass is 32.2. The van der Waals surface area contributed by atoms with Crippen LogP contribution in [0, 0.1) is 0 Å². The molecule has 0 bridgehead atoms. The molecule has 4 nitrogen and oxygen atoms in total. The van der Waals surface area contributed by atoms with E-state index in [1.807, 2.05) is 6.26 Å². The van der Waals surface area contributed by atoms with Crippen molar-refractivity contribution in [3.8, 4) is 0 Å². The summed E-state index contributed by atoms with van der Waals surface area (Å²) in [5.41, 5.74) is 5.84. The molecule has 0 saturated carbocycles. The van der Waals surface area contributed by atoms with E-state index in [1.165, 1.54) is 24.4 Å². The summed E-state index contributed by atoms with van der Waals surface area (Å²) in [6, 6.07) is 1.19. The quantitative estimate of drug-likeness (QED) is 0.827. The lowest BCUT2D eigenvalue weighted by molar-refractivity contribution is 0.190. The van der Waals surface area contributed by atoms with Crippen molar-refractivity contribution < 1.29 is 0 Å². The average Bonchev–Trinajstić information content (AvgIpc) is 2.64. The van der Waals surface area contributed by atoms with E-state index >= 15 is 0 Å². The lowest BCUT2D eigenvalue weighted by Gasteiger charge is -2.35. The number of anilines is 2. The molecule has 3 N–H and O–H groups in total. The van der Waals surface area contributed by atoms with Gasteiger partial charge in [0.25, 0.3) is 0 Å². The zero-order chi connectivity index (χ0) is 12.4. The van der Waals surface area contributed by atoms with Crippen molar-refractivity contribution in [2.75, 3.05) is 30.9 Å². The minimum Gasteiger partial charge on any atom is -0.382 e. The maximum atomic E-state index is 5.84. The highest BCUT2D eigenvalue weighted by Gasteiger charge is 2.24. The molecule has 0 spiro atoms. The molecule has 1 aliphatic rings. The van der Waals surface area contributed by atoms with E-state index in [-0.39, 0.29) is 0 Å². The van der Waals surface area contributed by atoms with Gasteiger partial charge in [0.2, 0.25) is 0 Å². The SMILES string of the molecule is CSc1c(N)nsc1NC1CCN(C)C(C)C1. The predicted octanol–water partition coefficient (Wildman–Crippen LogP) is 2.34. The van der Waals surface area contributed by atoms with Gasteiger partial charge in [0.15, 0.2) is 5.82 Å². The Balaban J connectivity index is 2.01. The van der Waals surface area contributed by atoms with E-state index in [0.29, 0.717) is 17.9 Å². The third kappa shape index (κ3) is 2.86. The lowest BCUT2D eigenvalue weighted by Crippen LogP contribution is -2.42. The van der Waals surface area contributed by atoms with Gasteiger partial charge in [-0.05, 0) is 44.6 Å². The van der Waals surface area contributed by atoms with Crippen molar-refractivity contribution in [1.82, 2.24) is 9.27 Å². The van der Waals surface area contributed by atoms with Crippen molar-refractivity contribution in [2.24, 2.45) is 0 Å². The normalized spacial score (nSPS) is 26.1. The molecule has 0 aromatic carbocycles. The van der Waals surface area contributed by atoms with E-state index < -0.39 is 0 Å². The third-order valence-corrected chi connectivity index (χ3v) is 5.17. The van der Waals surface area contributed by atoms with Gasteiger partial charge < -0.3 is 16.0 Å². The van der Waals surface area contributed by atoms with Crippen molar-refractivity contribution in [3.63, 3.8) is 0 Å². The molecule has 0 radical (unpaired) electrons. The number of aromatic nitrogens is 1. The van der Waals surface area contributed by atoms with Crippen LogP contribution in [0.4, 0.5) is 10.8 Å². The largest absolute Gasteiger partial charge is 0.382 e. The molecule has 1 aromatic heterocycles. The van der Waals surface area contributed by atoms with Gasteiger partial charge in [-0.3, -0.25) is 0 Å². The van der Waals surface area contributed by atoms with Gasteiger partial charge in [0, 0.05) is 18.6 Å². The lowest BCUT2D eigenvalue weighted by atomic mass is 9.99. The molecule has 0 amide bonds. The fourth-order valence-corrected chi connectivity index (χ4v) is 3.80. The van der Waals surface area contributed by atoms with E-state index in [9.17, 15) is 0 Å². The molecule has 2 heterocycles.